The van der Waals surface area contributed by atoms with Gasteiger partial charge in [0.25, 0.3) is 11.6 Å². The molecule has 0 atom stereocenters. The molecule has 1 aromatic carbocycles. The van der Waals surface area contributed by atoms with E-state index in [0.29, 0.717) is 11.1 Å². The minimum Gasteiger partial charge on any atom is -0.335 e. The highest BCUT2D eigenvalue weighted by Gasteiger charge is 2.35. The number of rotatable bonds is 4. The summed E-state index contributed by atoms with van der Waals surface area (Å²) < 4.78 is 46.1. The van der Waals surface area contributed by atoms with Gasteiger partial charge in [0, 0.05) is 17.6 Å². The van der Waals surface area contributed by atoms with Crippen molar-refractivity contribution in [3.63, 3.8) is 0 Å². The Bertz CT molecular complexity index is 1110. The Hall–Kier alpha value is -2.90. The van der Waals surface area contributed by atoms with E-state index in [0.717, 1.165) is 31.7 Å². The van der Waals surface area contributed by atoms with Crippen molar-refractivity contribution < 1.29 is 22.5 Å². The first-order valence-corrected chi connectivity index (χ1v) is 10.4. The Labute approximate surface area is 178 Å². The number of carbonyl (C=O) groups is 1. The normalized spacial score (nSPS) is 15.2. The fourth-order valence-electron chi connectivity index (χ4n) is 4.50. The molecule has 1 fully saturated rings. The summed E-state index contributed by atoms with van der Waals surface area (Å²) in [6, 6.07) is 6.72. The van der Waals surface area contributed by atoms with Gasteiger partial charge in [0.15, 0.2) is 0 Å². The molecule has 5 nitrogen and oxygen atoms in total. The van der Waals surface area contributed by atoms with E-state index in [2.05, 4.69) is 10.1 Å². The zero-order valence-corrected chi connectivity index (χ0v) is 17.7. The number of hydrogen-bond donors (Lipinski definition) is 0. The Kier molecular flexibility index (Phi) is 5.49. The average Bonchev–Trinajstić information content (AvgIpc) is 3.37. The number of nitrogens with zero attached hydrogens (tertiary/aromatic N) is 3. The number of amides is 1. The molecule has 164 valence electrons. The van der Waals surface area contributed by atoms with Gasteiger partial charge in [-0.05, 0) is 45.7 Å². The number of halogens is 3. The zero-order valence-electron chi connectivity index (χ0n) is 17.7. The summed E-state index contributed by atoms with van der Waals surface area (Å²) in [5.41, 5.74) is -0.0570. The van der Waals surface area contributed by atoms with E-state index in [1.54, 1.807) is 6.92 Å². The third-order valence-corrected chi connectivity index (χ3v) is 5.86. The average molecular weight is 431 g/mol. The highest BCUT2D eigenvalue weighted by atomic mass is 19.4. The summed E-state index contributed by atoms with van der Waals surface area (Å²) in [6.45, 7) is 5.60. The van der Waals surface area contributed by atoms with Gasteiger partial charge < -0.3 is 9.42 Å². The molecule has 2 aromatic heterocycles. The van der Waals surface area contributed by atoms with Crippen molar-refractivity contribution in [2.24, 2.45) is 0 Å². The number of pyridine rings is 1. The molecule has 0 N–H and O–H groups in total. The molecule has 2 heterocycles. The number of alkyl halides is 3. The van der Waals surface area contributed by atoms with Gasteiger partial charge in [-0.2, -0.15) is 13.2 Å². The van der Waals surface area contributed by atoms with Crippen molar-refractivity contribution in [1.82, 2.24) is 15.0 Å². The third-order valence-electron chi connectivity index (χ3n) is 5.86. The smallest absolute Gasteiger partial charge is 0.335 e. The number of aryl methyl sites for hydroxylation is 1. The molecule has 1 saturated carbocycles. The minimum absolute atomic E-state index is 0.0371. The molecule has 1 amide bonds. The Balaban J connectivity index is 1.91. The largest absolute Gasteiger partial charge is 0.417 e. The molecule has 0 bridgehead atoms. The van der Waals surface area contributed by atoms with Crippen LogP contribution in [0.4, 0.5) is 13.2 Å². The molecule has 0 saturated heterocycles. The van der Waals surface area contributed by atoms with Crippen LogP contribution in [0.1, 0.15) is 61.1 Å². The first-order chi connectivity index (χ1) is 14.7. The summed E-state index contributed by atoms with van der Waals surface area (Å²) in [6.07, 6.45) is -0.593. The van der Waals surface area contributed by atoms with Gasteiger partial charge in [0.1, 0.15) is 0 Å². The summed E-state index contributed by atoms with van der Waals surface area (Å²) in [7, 11) is 0. The molecular formula is C23H24F3N3O2. The van der Waals surface area contributed by atoms with Gasteiger partial charge in [-0.25, -0.2) is 4.98 Å². The van der Waals surface area contributed by atoms with Crippen LogP contribution in [-0.4, -0.2) is 33.0 Å². The molecule has 0 spiro atoms. The first-order valence-electron chi connectivity index (χ1n) is 10.4. The monoisotopic (exact) mass is 431 g/mol. The molecule has 1 aliphatic carbocycles. The maximum atomic E-state index is 13.7. The van der Waals surface area contributed by atoms with Crippen molar-refractivity contribution in [2.45, 2.75) is 64.7 Å². The van der Waals surface area contributed by atoms with Crippen LogP contribution < -0.4 is 0 Å². The zero-order chi connectivity index (χ0) is 22.3. The van der Waals surface area contributed by atoms with Gasteiger partial charge in [-0.1, -0.05) is 36.2 Å². The molecule has 31 heavy (non-hydrogen) atoms. The SMILES string of the molecule is Cc1noc2nc(-c3ccccc3C(F)(F)F)cc(C(=O)N(C(C)C)C3CCCC3)c12. The molecular weight excluding hydrogens is 407 g/mol. The minimum atomic E-state index is -4.55. The fraction of sp³-hybridized carbons (Fsp3) is 0.435. The Morgan fingerprint density at radius 3 is 2.52 bits per heavy atom. The second-order valence-corrected chi connectivity index (χ2v) is 8.29. The highest BCUT2D eigenvalue weighted by molar-refractivity contribution is 6.07. The molecule has 3 aromatic rings. The van der Waals surface area contributed by atoms with Crippen molar-refractivity contribution in [1.29, 1.82) is 0 Å². The van der Waals surface area contributed by atoms with Gasteiger partial charge >= 0.3 is 6.18 Å². The molecule has 8 heteroatoms. The van der Waals surface area contributed by atoms with Crippen LogP contribution in [0.15, 0.2) is 34.9 Å². The third kappa shape index (κ3) is 3.91. The summed E-state index contributed by atoms with van der Waals surface area (Å²) >= 11 is 0. The molecule has 0 unspecified atom stereocenters. The van der Waals surface area contributed by atoms with E-state index < -0.39 is 11.7 Å². The Morgan fingerprint density at radius 1 is 1.19 bits per heavy atom. The molecule has 0 aliphatic heterocycles. The standard InChI is InChI=1S/C23H24F3N3O2/c1-13(2)29(15-8-4-5-9-15)22(30)17-12-19(27-21-20(17)14(3)28-31-21)16-10-6-7-11-18(16)23(24,25)26/h6-7,10-13,15H,4-5,8-9H2,1-3H3. The van der Waals surface area contributed by atoms with Crippen LogP contribution in [0.25, 0.3) is 22.4 Å². The van der Waals surface area contributed by atoms with Crippen LogP contribution in [0.3, 0.4) is 0 Å². The van der Waals surface area contributed by atoms with Gasteiger partial charge in [-0.15, -0.1) is 0 Å². The van der Waals surface area contributed by atoms with Gasteiger partial charge in [0.05, 0.1) is 27.9 Å². The number of fused-ring (bicyclic) bond motifs is 1. The summed E-state index contributed by atoms with van der Waals surface area (Å²) in [5, 5.41) is 4.36. The maximum Gasteiger partial charge on any atom is 0.417 e. The quantitative estimate of drug-likeness (QED) is 0.508. The van der Waals surface area contributed by atoms with Crippen LogP contribution in [0.2, 0.25) is 0 Å². The highest BCUT2D eigenvalue weighted by Crippen LogP contribution is 2.38. The number of carbonyl (C=O) groups excluding carboxylic acids is 1. The van der Waals surface area contributed by atoms with E-state index in [-0.39, 0.29) is 40.5 Å². The van der Waals surface area contributed by atoms with E-state index in [9.17, 15) is 18.0 Å². The van der Waals surface area contributed by atoms with Crippen molar-refractivity contribution in [3.8, 4) is 11.3 Å². The van der Waals surface area contributed by atoms with Crippen molar-refractivity contribution in [2.75, 3.05) is 0 Å². The molecule has 4 rings (SSSR count). The molecule has 0 radical (unpaired) electrons. The van der Waals surface area contributed by atoms with Gasteiger partial charge in [-0.3, -0.25) is 4.79 Å². The lowest BCUT2D eigenvalue weighted by Gasteiger charge is -2.33. The number of benzene rings is 1. The lowest BCUT2D eigenvalue weighted by molar-refractivity contribution is -0.137. The van der Waals surface area contributed by atoms with Gasteiger partial charge in [0.2, 0.25) is 0 Å². The van der Waals surface area contributed by atoms with E-state index in [1.807, 2.05) is 18.7 Å². The van der Waals surface area contributed by atoms with E-state index in [4.69, 9.17) is 4.52 Å². The summed E-state index contributed by atoms with van der Waals surface area (Å²) in [4.78, 5) is 19.8. The fourth-order valence-corrected chi connectivity index (χ4v) is 4.50. The maximum absolute atomic E-state index is 13.7. The van der Waals surface area contributed by atoms with E-state index >= 15 is 0 Å². The predicted octanol–water partition coefficient (Wildman–Crippen LogP) is 6.01. The van der Waals surface area contributed by atoms with Crippen molar-refractivity contribution in [3.05, 3.63) is 47.2 Å². The van der Waals surface area contributed by atoms with Crippen LogP contribution in [-0.2, 0) is 6.18 Å². The predicted molar refractivity (Wildman–Crippen MR) is 111 cm³/mol. The Morgan fingerprint density at radius 2 is 1.87 bits per heavy atom. The topological polar surface area (TPSA) is 59.2 Å². The molecule has 1 aliphatic rings. The second kappa shape index (κ2) is 7.98. The van der Waals surface area contributed by atoms with Crippen molar-refractivity contribution >= 4 is 17.0 Å². The van der Waals surface area contributed by atoms with E-state index in [1.165, 1.54) is 24.3 Å². The van der Waals surface area contributed by atoms with Crippen LogP contribution in [0.5, 0.6) is 0 Å². The first kappa shape index (κ1) is 21.3. The second-order valence-electron chi connectivity index (χ2n) is 8.29. The number of aromatic nitrogens is 2. The lowest BCUT2D eigenvalue weighted by atomic mass is 9.99. The van der Waals surface area contributed by atoms with Crippen LogP contribution >= 0.6 is 0 Å². The van der Waals surface area contributed by atoms with Crippen LogP contribution in [0, 0.1) is 6.92 Å². The number of hydrogen-bond acceptors (Lipinski definition) is 4. The lowest BCUT2D eigenvalue weighted by Crippen LogP contribution is -2.43. The summed E-state index contributed by atoms with van der Waals surface area (Å²) in [5.74, 6) is -0.230.